The lowest BCUT2D eigenvalue weighted by molar-refractivity contribution is -0.146. The van der Waals surface area contributed by atoms with E-state index in [0.717, 1.165) is 19.3 Å². The maximum Gasteiger partial charge on any atom is 0.228 e. The van der Waals surface area contributed by atoms with Crippen LogP contribution in [0, 0.1) is 11.3 Å². The van der Waals surface area contributed by atoms with Gasteiger partial charge in [0.25, 0.3) is 0 Å². The van der Waals surface area contributed by atoms with Crippen LogP contribution in [0.25, 0.3) is 0 Å². The monoisotopic (exact) mass is 278 g/mol. The summed E-state index contributed by atoms with van der Waals surface area (Å²) in [6.45, 7) is 8.54. The molecule has 1 heterocycles. The third-order valence-electron chi connectivity index (χ3n) is 4.14. The molecule has 4 nitrogen and oxygen atoms in total. The summed E-state index contributed by atoms with van der Waals surface area (Å²) in [6, 6.07) is 0. The van der Waals surface area contributed by atoms with E-state index in [1.165, 1.54) is 0 Å². The maximum atomic E-state index is 12.4. The van der Waals surface area contributed by atoms with Crippen LogP contribution >= 0.6 is 0 Å². The van der Waals surface area contributed by atoms with Gasteiger partial charge in [0, 0.05) is 37.5 Å². The second-order valence-electron chi connectivity index (χ2n) is 6.85. The summed E-state index contributed by atoms with van der Waals surface area (Å²) in [6.07, 6.45) is 7.13. The van der Waals surface area contributed by atoms with Crippen LogP contribution in [0.1, 0.15) is 40.0 Å². The molecule has 1 aliphatic heterocycles. The molecule has 4 heteroatoms. The molecular weight excluding hydrogens is 252 g/mol. The van der Waals surface area contributed by atoms with Crippen LogP contribution in [0.15, 0.2) is 12.2 Å². The van der Waals surface area contributed by atoms with Crippen molar-refractivity contribution in [2.75, 3.05) is 26.2 Å². The van der Waals surface area contributed by atoms with Crippen LogP contribution in [0.4, 0.5) is 0 Å². The van der Waals surface area contributed by atoms with Gasteiger partial charge in [0.1, 0.15) is 0 Å². The number of nitrogens with zero attached hydrogens (tertiary/aromatic N) is 2. The van der Waals surface area contributed by atoms with Crippen LogP contribution in [0.5, 0.6) is 0 Å². The summed E-state index contributed by atoms with van der Waals surface area (Å²) < 4.78 is 0. The summed E-state index contributed by atoms with van der Waals surface area (Å²) in [5.74, 6) is 0.618. The fourth-order valence-electron chi connectivity index (χ4n) is 2.88. The minimum Gasteiger partial charge on any atom is -0.339 e. The van der Waals surface area contributed by atoms with E-state index >= 15 is 0 Å². The van der Waals surface area contributed by atoms with Crippen molar-refractivity contribution in [1.82, 2.24) is 9.80 Å². The summed E-state index contributed by atoms with van der Waals surface area (Å²) in [5, 5.41) is 0. The number of allylic oxidation sites excluding steroid dienone is 2. The quantitative estimate of drug-likeness (QED) is 0.689. The highest BCUT2D eigenvalue weighted by Gasteiger charge is 2.32. The third kappa shape index (κ3) is 3.41. The van der Waals surface area contributed by atoms with Gasteiger partial charge in [-0.15, -0.1) is 0 Å². The normalized spacial score (nSPS) is 23.9. The van der Waals surface area contributed by atoms with Gasteiger partial charge < -0.3 is 9.80 Å². The minimum absolute atomic E-state index is 0.157. The van der Waals surface area contributed by atoms with Crippen LogP contribution in [-0.4, -0.2) is 47.8 Å². The molecule has 112 valence electrons. The number of hydrogen-bond donors (Lipinski definition) is 0. The Morgan fingerprint density at radius 1 is 1.00 bits per heavy atom. The van der Waals surface area contributed by atoms with Crippen molar-refractivity contribution in [1.29, 1.82) is 0 Å². The zero-order valence-electron chi connectivity index (χ0n) is 12.9. The van der Waals surface area contributed by atoms with Crippen LogP contribution in [-0.2, 0) is 9.59 Å². The first-order valence-electron chi connectivity index (χ1n) is 7.63. The van der Waals surface area contributed by atoms with Gasteiger partial charge in [-0.3, -0.25) is 9.59 Å². The molecule has 0 saturated carbocycles. The Morgan fingerprint density at radius 3 is 2.10 bits per heavy atom. The number of carbonyl (C=O) groups excluding carboxylic acids is 2. The molecule has 0 N–H and O–H groups in total. The van der Waals surface area contributed by atoms with Crippen LogP contribution < -0.4 is 0 Å². The maximum absolute atomic E-state index is 12.4. The first kappa shape index (κ1) is 15.1. The topological polar surface area (TPSA) is 40.6 Å². The number of rotatable bonds is 1. The Kier molecular flexibility index (Phi) is 4.51. The van der Waals surface area contributed by atoms with Gasteiger partial charge in [-0.05, 0) is 19.3 Å². The molecule has 0 bridgehead atoms. The Bertz CT molecular complexity index is 401. The molecule has 0 aromatic carbocycles. The molecule has 0 aromatic rings. The van der Waals surface area contributed by atoms with Crippen molar-refractivity contribution in [3.05, 3.63) is 12.2 Å². The fraction of sp³-hybridized carbons (Fsp3) is 0.750. The predicted molar refractivity (Wildman–Crippen MR) is 79.1 cm³/mol. The SMILES string of the molecule is CC(C)(C)C(=O)N1CCN(C(=O)C2CC=CCC2)CC1. The summed E-state index contributed by atoms with van der Waals surface area (Å²) in [7, 11) is 0. The van der Waals surface area contributed by atoms with E-state index in [0.29, 0.717) is 26.2 Å². The largest absolute Gasteiger partial charge is 0.339 e. The van der Waals surface area contributed by atoms with Crippen LogP contribution in [0.2, 0.25) is 0 Å². The number of hydrogen-bond acceptors (Lipinski definition) is 2. The number of piperazine rings is 1. The van der Waals surface area contributed by atoms with Gasteiger partial charge in [-0.1, -0.05) is 32.9 Å². The zero-order chi connectivity index (χ0) is 14.8. The standard InChI is InChI=1S/C16H26N2O2/c1-16(2,3)15(20)18-11-9-17(10-12-18)14(19)13-7-5-4-6-8-13/h4-5,13H,6-12H2,1-3H3. The molecule has 1 atom stereocenters. The molecule has 1 aliphatic carbocycles. The molecular formula is C16H26N2O2. The van der Waals surface area contributed by atoms with Gasteiger partial charge >= 0.3 is 0 Å². The van der Waals surface area contributed by atoms with E-state index in [1.54, 1.807) is 0 Å². The highest BCUT2D eigenvalue weighted by Crippen LogP contribution is 2.23. The van der Waals surface area contributed by atoms with Crippen molar-refractivity contribution in [3.8, 4) is 0 Å². The van der Waals surface area contributed by atoms with Crippen LogP contribution in [0.3, 0.4) is 0 Å². The summed E-state index contributed by atoms with van der Waals surface area (Å²) >= 11 is 0. The van der Waals surface area contributed by atoms with Crippen molar-refractivity contribution >= 4 is 11.8 Å². The smallest absolute Gasteiger partial charge is 0.228 e. The van der Waals surface area contributed by atoms with Gasteiger partial charge in [-0.2, -0.15) is 0 Å². The lowest BCUT2D eigenvalue weighted by atomic mass is 9.92. The van der Waals surface area contributed by atoms with E-state index < -0.39 is 0 Å². The molecule has 2 amide bonds. The molecule has 0 spiro atoms. The first-order valence-corrected chi connectivity index (χ1v) is 7.63. The second kappa shape index (κ2) is 5.98. The van der Waals surface area contributed by atoms with Crippen molar-refractivity contribution in [2.24, 2.45) is 11.3 Å². The number of amides is 2. The van der Waals surface area contributed by atoms with E-state index in [9.17, 15) is 9.59 Å². The molecule has 1 unspecified atom stereocenters. The fourth-order valence-corrected chi connectivity index (χ4v) is 2.88. The van der Waals surface area contributed by atoms with E-state index in [4.69, 9.17) is 0 Å². The van der Waals surface area contributed by atoms with Gasteiger partial charge in [-0.25, -0.2) is 0 Å². The van der Waals surface area contributed by atoms with E-state index in [-0.39, 0.29) is 23.1 Å². The Hall–Kier alpha value is -1.32. The average Bonchev–Trinajstić information content (AvgIpc) is 2.46. The molecule has 1 fully saturated rings. The van der Waals surface area contributed by atoms with Gasteiger partial charge in [0.05, 0.1) is 0 Å². The summed E-state index contributed by atoms with van der Waals surface area (Å²) in [4.78, 5) is 28.5. The zero-order valence-corrected chi connectivity index (χ0v) is 12.9. The molecule has 2 aliphatic rings. The molecule has 2 rings (SSSR count). The molecule has 0 aromatic heterocycles. The Balaban J connectivity index is 1.86. The van der Waals surface area contributed by atoms with Crippen molar-refractivity contribution < 1.29 is 9.59 Å². The molecule has 20 heavy (non-hydrogen) atoms. The van der Waals surface area contributed by atoms with Gasteiger partial charge in [0.2, 0.25) is 11.8 Å². The summed E-state index contributed by atoms with van der Waals surface area (Å²) in [5.41, 5.74) is -0.333. The number of carbonyl (C=O) groups is 2. The first-order chi connectivity index (χ1) is 9.39. The third-order valence-corrected chi connectivity index (χ3v) is 4.14. The molecule has 1 saturated heterocycles. The van der Waals surface area contributed by atoms with Crippen molar-refractivity contribution in [3.63, 3.8) is 0 Å². The minimum atomic E-state index is -0.333. The van der Waals surface area contributed by atoms with Crippen molar-refractivity contribution in [2.45, 2.75) is 40.0 Å². The second-order valence-corrected chi connectivity index (χ2v) is 6.85. The van der Waals surface area contributed by atoms with E-state index in [1.807, 2.05) is 30.6 Å². The highest BCUT2D eigenvalue weighted by molar-refractivity contribution is 5.82. The predicted octanol–water partition coefficient (Wildman–Crippen LogP) is 2.06. The van der Waals surface area contributed by atoms with E-state index in [2.05, 4.69) is 12.2 Å². The Labute approximate surface area is 121 Å². The highest BCUT2D eigenvalue weighted by atomic mass is 16.2. The molecule has 0 radical (unpaired) electrons. The Morgan fingerprint density at radius 2 is 1.60 bits per heavy atom. The lowest BCUT2D eigenvalue weighted by Crippen LogP contribution is -2.54. The lowest BCUT2D eigenvalue weighted by Gasteiger charge is -2.39. The average molecular weight is 278 g/mol. The van der Waals surface area contributed by atoms with Gasteiger partial charge in [0.15, 0.2) is 0 Å².